The van der Waals surface area contributed by atoms with Crippen molar-refractivity contribution in [1.82, 2.24) is 4.98 Å². The lowest BCUT2D eigenvalue weighted by Crippen LogP contribution is -2.22. The van der Waals surface area contributed by atoms with Gasteiger partial charge in [0.2, 0.25) is 5.43 Å². The Labute approximate surface area is 138 Å². The molecule has 0 atom stereocenters. The quantitative estimate of drug-likeness (QED) is 0.688. The number of hydrogen-bond acceptors (Lipinski definition) is 2. The Morgan fingerprint density at radius 1 is 1.04 bits per heavy atom. The number of aromatic amines is 1. The lowest BCUT2D eigenvalue weighted by Gasteiger charge is -2.09. The van der Waals surface area contributed by atoms with Gasteiger partial charge < -0.3 is 10.3 Å². The van der Waals surface area contributed by atoms with Crippen LogP contribution in [0.1, 0.15) is 15.9 Å². The highest BCUT2D eigenvalue weighted by molar-refractivity contribution is 6.05. The number of rotatable bonds is 2. The molecule has 0 aliphatic heterocycles. The van der Waals surface area contributed by atoms with Crippen molar-refractivity contribution in [1.29, 1.82) is 0 Å². The third-order valence-electron chi connectivity index (χ3n) is 3.55. The first-order valence-corrected chi connectivity index (χ1v) is 7.05. The van der Waals surface area contributed by atoms with E-state index in [1.807, 2.05) is 0 Å². The van der Waals surface area contributed by atoms with E-state index in [0.29, 0.717) is 0 Å². The molecule has 0 aliphatic rings. The number of nitrogens with one attached hydrogen (secondary N) is 2. The maximum atomic E-state index is 12.9. The second-order valence-electron chi connectivity index (χ2n) is 5.25. The summed E-state index contributed by atoms with van der Waals surface area (Å²) >= 11 is 0. The van der Waals surface area contributed by atoms with Crippen molar-refractivity contribution in [2.75, 3.05) is 5.32 Å². The molecule has 1 aromatic heterocycles. The van der Waals surface area contributed by atoms with E-state index in [1.165, 1.54) is 12.1 Å². The van der Waals surface area contributed by atoms with E-state index in [2.05, 4.69) is 10.3 Å². The molecule has 8 heteroatoms. The Balaban J connectivity index is 1.97. The van der Waals surface area contributed by atoms with Gasteiger partial charge in [0.15, 0.2) is 0 Å². The summed E-state index contributed by atoms with van der Waals surface area (Å²) < 4.78 is 51.0. The molecule has 1 amide bonds. The van der Waals surface area contributed by atoms with Crippen LogP contribution in [0.25, 0.3) is 10.9 Å². The summed E-state index contributed by atoms with van der Waals surface area (Å²) in [6, 6.07) is 7.51. The van der Waals surface area contributed by atoms with Crippen molar-refractivity contribution in [3.05, 3.63) is 75.8 Å². The van der Waals surface area contributed by atoms with Gasteiger partial charge in [-0.05, 0) is 42.5 Å². The zero-order valence-corrected chi connectivity index (χ0v) is 12.4. The predicted molar refractivity (Wildman–Crippen MR) is 83.9 cm³/mol. The number of carbonyl (C=O) groups is 1. The van der Waals surface area contributed by atoms with Crippen molar-refractivity contribution in [2.45, 2.75) is 6.18 Å². The van der Waals surface area contributed by atoms with E-state index in [-0.39, 0.29) is 22.2 Å². The third-order valence-corrected chi connectivity index (χ3v) is 3.55. The fraction of sp³-hybridized carbons (Fsp3) is 0.0588. The van der Waals surface area contributed by atoms with Crippen LogP contribution in [0.3, 0.4) is 0 Å². The molecule has 0 bridgehead atoms. The van der Waals surface area contributed by atoms with Gasteiger partial charge in [0.05, 0.1) is 5.56 Å². The number of pyridine rings is 1. The molecule has 0 radical (unpaired) electrons. The largest absolute Gasteiger partial charge is 0.416 e. The number of benzene rings is 2. The second kappa shape index (κ2) is 6.04. The average Bonchev–Trinajstić information content (AvgIpc) is 2.56. The highest BCUT2D eigenvalue weighted by atomic mass is 19.4. The van der Waals surface area contributed by atoms with Gasteiger partial charge in [0.25, 0.3) is 5.91 Å². The van der Waals surface area contributed by atoms with Crippen molar-refractivity contribution in [2.24, 2.45) is 0 Å². The molecular formula is C17H10F4N2O2. The Hall–Kier alpha value is -3.16. The second-order valence-corrected chi connectivity index (χ2v) is 5.25. The molecule has 0 unspecified atom stereocenters. The van der Waals surface area contributed by atoms with E-state index < -0.39 is 28.9 Å². The van der Waals surface area contributed by atoms with Crippen LogP contribution in [-0.2, 0) is 6.18 Å². The van der Waals surface area contributed by atoms with Crippen molar-refractivity contribution >= 4 is 22.5 Å². The number of amides is 1. The molecule has 3 rings (SSSR count). The van der Waals surface area contributed by atoms with Gasteiger partial charge in [0.1, 0.15) is 11.4 Å². The van der Waals surface area contributed by atoms with Gasteiger partial charge in [0, 0.05) is 22.8 Å². The molecule has 2 aromatic carbocycles. The smallest absolute Gasteiger partial charge is 0.360 e. The van der Waals surface area contributed by atoms with Gasteiger partial charge in [-0.15, -0.1) is 0 Å². The van der Waals surface area contributed by atoms with Crippen LogP contribution >= 0.6 is 0 Å². The van der Waals surface area contributed by atoms with E-state index in [9.17, 15) is 27.2 Å². The minimum atomic E-state index is -4.54. The molecular weight excluding hydrogens is 340 g/mol. The summed E-state index contributed by atoms with van der Waals surface area (Å²) in [5.41, 5.74) is -1.63. The fourth-order valence-electron chi connectivity index (χ4n) is 2.30. The Bertz CT molecular complexity index is 1010. The number of carbonyl (C=O) groups excluding carboxylic acids is 1. The molecule has 0 spiro atoms. The fourth-order valence-corrected chi connectivity index (χ4v) is 2.30. The first kappa shape index (κ1) is 16.7. The Morgan fingerprint density at radius 3 is 2.36 bits per heavy atom. The van der Waals surface area contributed by atoms with Crippen molar-refractivity contribution in [3.8, 4) is 0 Å². The highest BCUT2D eigenvalue weighted by Gasteiger charge is 2.30. The minimum absolute atomic E-state index is 0.0295. The van der Waals surface area contributed by atoms with E-state index in [4.69, 9.17) is 0 Å². The molecule has 0 aliphatic carbocycles. The summed E-state index contributed by atoms with van der Waals surface area (Å²) in [7, 11) is 0. The molecule has 1 heterocycles. The van der Waals surface area contributed by atoms with Crippen LogP contribution in [0.15, 0.2) is 53.5 Å². The van der Waals surface area contributed by atoms with Crippen LogP contribution in [0.4, 0.5) is 23.2 Å². The topological polar surface area (TPSA) is 62.0 Å². The van der Waals surface area contributed by atoms with Gasteiger partial charge in [-0.3, -0.25) is 9.59 Å². The number of hydrogen-bond donors (Lipinski definition) is 2. The average molecular weight is 350 g/mol. The van der Waals surface area contributed by atoms with Crippen molar-refractivity contribution in [3.63, 3.8) is 0 Å². The maximum Gasteiger partial charge on any atom is 0.416 e. The predicted octanol–water partition coefficient (Wildman–Crippen LogP) is 3.94. The number of halogens is 4. The number of alkyl halides is 3. The van der Waals surface area contributed by atoms with Crippen LogP contribution in [0.2, 0.25) is 0 Å². The summed E-state index contributed by atoms with van der Waals surface area (Å²) in [6.07, 6.45) is -3.49. The van der Waals surface area contributed by atoms with Gasteiger partial charge in [-0.2, -0.15) is 13.2 Å². The molecule has 0 saturated heterocycles. The molecule has 25 heavy (non-hydrogen) atoms. The summed E-state index contributed by atoms with van der Waals surface area (Å²) in [4.78, 5) is 27.1. The summed E-state index contributed by atoms with van der Waals surface area (Å²) in [6.45, 7) is 0. The number of fused-ring (bicyclic) bond motifs is 1. The first-order chi connectivity index (χ1) is 11.8. The normalized spacial score (nSPS) is 11.5. The van der Waals surface area contributed by atoms with E-state index in [1.54, 1.807) is 0 Å². The zero-order valence-electron chi connectivity index (χ0n) is 12.4. The van der Waals surface area contributed by atoms with E-state index in [0.717, 1.165) is 36.5 Å². The first-order valence-electron chi connectivity index (χ1n) is 7.05. The Morgan fingerprint density at radius 2 is 1.72 bits per heavy atom. The molecule has 128 valence electrons. The highest BCUT2D eigenvalue weighted by Crippen LogP contribution is 2.30. The molecule has 0 saturated carbocycles. The SMILES string of the molecule is O=C(Nc1ccc(F)cc1)c1c[nH]c2cc(C(F)(F)F)ccc2c1=O. The minimum Gasteiger partial charge on any atom is -0.360 e. The monoisotopic (exact) mass is 350 g/mol. The Kier molecular flexibility index (Phi) is 4.03. The van der Waals surface area contributed by atoms with E-state index >= 15 is 0 Å². The van der Waals surface area contributed by atoms with Gasteiger partial charge >= 0.3 is 6.18 Å². The maximum absolute atomic E-state index is 12.9. The van der Waals surface area contributed by atoms with Crippen molar-refractivity contribution < 1.29 is 22.4 Å². The van der Waals surface area contributed by atoms with Gasteiger partial charge in [-0.25, -0.2) is 4.39 Å². The molecule has 3 aromatic rings. The standard InChI is InChI=1S/C17H10F4N2O2/c18-10-2-4-11(5-3-10)23-16(25)13-8-22-14-7-9(17(19,20)21)1-6-12(14)15(13)24/h1-8H,(H,22,24)(H,23,25). The van der Waals surface area contributed by atoms with Crippen LogP contribution in [-0.4, -0.2) is 10.9 Å². The van der Waals surface area contributed by atoms with Crippen LogP contribution < -0.4 is 10.7 Å². The number of H-pyrrole nitrogens is 1. The van der Waals surface area contributed by atoms with Crippen LogP contribution in [0, 0.1) is 5.82 Å². The molecule has 0 fully saturated rings. The lowest BCUT2D eigenvalue weighted by molar-refractivity contribution is -0.137. The third kappa shape index (κ3) is 3.37. The zero-order chi connectivity index (χ0) is 18.2. The number of anilines is 1. The summed E-state index contributed by atoms with van der Waals surface area (Å²) in [5, 5.41) is 2.38. The molecule has 4 nitrogen and oxygen atoms in total. The summed E-state index contributed by atoms with van der Waals surface area (Å²) in [5.74, 6) is -1.24. The van der Waals surface area contributed by atoms with Gasteiger partial charge in [-0.1, -0.05) is 0 Å². The lowest BCUT2D eigenvalue weighted by atomic mass is 10.1. The van der Waals surface area contributed by atoms with Crippen LogP contribution in [0.5, 0.6) is 0 Å². The number of aromatic nitrogens is 1. The molecule has 2 N–H and O–H groups in total.